The molecule has 22 heavy (non-hydrogen) atoms. The van der Waals surface area contributed by atoms with Crippen LogP contribution < -0.4 is 0 Å². The first-order valence-electron chi connectivity index (χ1n) is 6.57. The Morgan fingerprint density at radius 2 is 1.36 bits per heavy atom. The number of hydrogen-bond acceptors (Lipinski definition) is 3. The van der Waals surface area contributed by atoms with E-state index in [1.807, 2.05) is 0 Å². The lowest BCUT2D eigenvalue weighted by Crippen LogP contribution is -2.02. The van der Waals surface area contributed by atoms with Gasteiger partial charge in [0.1, 0.15) is 10.7 Å². The summed E-state index contributed by atoms with van der Waals surface area (Å²) in [6, 6.07) is 13.3. The maximum atomic E-state index is 14.1. The molecule has 0 aromatic heterocycles. The van der Waals surface area contributed by atoms with Gasteiger partial charge in [0.25, 0.3) is 10.1 Å². The van der Waals surface area contributed by atoms with E-state index in [0.717, 1.165) is 16.2 Å². The fourth-order valence-corrected chi connectivity index (χ4v) is 3.82. The fraction of sp³-hybridized carbons (Fsp3) is 0. The molecule has 1 radical (unpaired) electrons. The molecular weight excluding hydrogens is 303 g/mol. The largest absolute Gasteiger partial charge is 0.297 e. The molecule has 4 aromatic carbocycles. The summed E-state index contributed by atoms with van der Waals surface area (Å²) in [7, 11) is -0.929. The van der Waals surface area contributed by atoms with Gasteiger partial charge in [-0.1, -0.05) is 36.4 Å². The van der Waals surface area contributed by atoms with Gasteiger partial charge in [0.05, 0.1) is 7.11 Å². The van der Waals surface area contributed by atoms with E-state index in [0.29, 0.717) is 16.2 Å². The first-order valence-corrected chi connectivity index (χ1v) is 7.98. The monoisotopic (exact) mass is 313 g/mol. The van der Waals surface area contributed by atoms with Crippen LogP contribution in [0, 0.1) is 12.9 Å². The Hall–Kier alpha value is -2.24. The molecule has 0 N–H and O–H groups in total. The van der Waals surface area contributed by atoms with Gasteiger partial charge in [-0.15, -0.1) is 0 Å². The summed E-state index contributed by atoms with van der Waals surface area (Å²) < 4.78 is 42.6. The minimum atomic E-state index is -3.94. The maximum absolute atomic E-state index is 14.1. The SMILES string of the molecule is [CH2]OS(=O)(=O)c1ccc2ccc3c(F)ccc4ccc1c2c43. The van der Waals surface area contributed by atoms with Crippen molar-refractivity contribution >= 4 is 42.4 Å². The summed E-state index contributed by atoms with van der Waals surface area (Å²) in [4.78, 5) is 0.0358. The van der Waals surface area contributed by atoms with Crippen molar-refractivity contribution in [1.82, 2.24) is 0 Å². The van der Waals surface area contributed by atoms with Crippen molar-refractivity contribution in [2.45, 2.75) is 4.90 Å². The lowest BCUT2D eigenvalue weighted by molar-refractivity contribution is 0.439. The normalized spacial score (nSPS) is 12.6. The third-order valence-electron chi connectivity index (χ3n) is 4.00. The van der Waals surface area contributed by atoms with Crippen LogP contribution in [0.4, 0.5) is 4.39 Å². The van der Waals surface area contributed by atoms with Gasteiger partial charge in [0.2, 0.25) is 0 Å². The molecule has 0 aliphatic carbocycles. The molecule has 0 saturated heterocycles. The van der Waals surface area contributed by atoms with Gasteiger partial charge >= 0.3 is 0 Å². The molecule has 3 nitrogen and oxygen atoms in total. The quantitative estimate of drug-likeness (QED) is 0.411. The van der Waals surface area contributed by atoms with Gasteiger partial charge in [-0.3, -0.25) is 4.18 Å². The van der Waals surface area contributed by atoms with E-state index < -0.39 is 10.1 Å². The van der Waals surface area contributed by atoms with Crippen LogP contribution in [-0.2, 0) is 14.3 Å². The minimum absolute atomic E-state index is 0.0358. The summed E-state index contributed by atoms with van der Waals surface area (Å²) >= 11 is 0. The van der Waals surface area contributed by atoms with Crippen molar-refractivity contribution in [3.8, 4) is 0 Å². The van der Waals surface area contributed by atoms with Crippen molar-refractivity contribution in [3.05, 3.63) is 61.5 Å². The molecule has 0 unspecified atom stereocenters. The predicted molar refractivity (Wildman–Crippen MR) is 83.7 cm³/mol. The lowest BCUT2D eigenvalue weighted by atomic mass is 9.94. The van der Waals surface area contributed by atoms with E-state index in [9.17, 15) is 12.8 Å². The Balaban J connectivity index is 2.32. The Morgan fingerprint density at radius 3 is 2.05 bits per heavy atom. The molecule has 0 aliphatic rings. The highest BCUT2D eigenvalue weighted by Gasteiger charge is 2.20. The highest BCUT2D eigenvalue weighted by Crippen LogP contribution is 2.38. The van der Waals surface area contributed by atoms with E-state index in [-0.39, 0.29) is 10.7 Å². The number of hydrogen-bond donors (Lipinski definition) is 0. The average Bonchev–Trinajstić information content (AvgIpc) is 2.54. The highest BCUT2D eigenvalue weighted by atomic mass is 32.2. The van der Waals surface area contributed by atoms with Crippen LogP contribution in [0.2, 0.25) is 0 Å². The lowest BCUT2D eigenvalue weighted by Gasteiger charge is -2.13. The topological polar surface area (TPSA) is 43.4 Å². The zero-order valence-corrected chi connectivity index (χ0v) is 12.2. The Kier molecular flexibility index (Phi) is 2.67. The van der Waals surface area contributed by atoms with Crippen LogP contribution in [0.5, 0.6) is 0 Å². The molecule has 0 heterocycles. The molecule has 0 saturated carbocycles. The summed E-state index contributed by atoms with van der Waals surface area (Å²) in [5, 5.41) is 4.12. The van der Waals surface area contributed by atoms with E-state index in [2.05, 4.69) is 11.3 Å². The van der Waals surface area contributed by atoms with Crippen molar-refractivity contribution in [2.75, 3.05) is 0 Å². The maximum Gasteiger partial charge on any atom is 0.297 e. The molecular formula is C17H10FO3S. The smallest absolute Gasteiger partial charge is 0.264 e. The number of halogens is 1. The molecule has 0 fully saturated rings. The second-order valence-electron chi connectivity index (χ2n) is 5.11. The van der Waals surface area contributed by atoms with Crippen molar-refractivity contribution in [1.29, 1.82) is 0 Å². The van der Waals surface area contributed by atoms with Crippen LogP contribution in [0.15, 0.2) is 53.4 Å². The van der Waals surface area contributed by atoms with Crippen molar-refractivity contribution in [2.24, 2.45) is 0 Å². The Morgan fingerprint density at radius 1 is 0.818 bits per heavy atom. The van der Waals surface area contributed by atoms with Crippen LogP contribution >= 0.6 is 0 Å². The predicted octanol–water partition coefficient (Wildman–Crippen LogP) is 4.22. The summed E-state index contributed by atoms with van der Waals surface area (Å²) in [5.74, 6) is -0.330. The van der Waals surface area contributed by atoms with Gasteiger partial charge in [-0.25, -0.2) is 4.39 Å². The fourth-order valence-electron chi connectivity index (χ4n) is 3.02. The van der Waals surface area contributed by atoms with E-state index in [4.69, 9.17) is 0 Å². The Labute approximate surface area is 126 Å². The van der Waals surface area contributed by atoms with Crippen molar-refractivity contribution in [3.63, 3.8) is 0 Å². The molecule has 109 valence electrons. The summed E-state index contributed by atoms with van der Waals surface area (Å²) in [6.07, 6.45) is 0. The first-order chi connectivity index (χ1) is 10.5. The summed E-state index contributed by atoms with van der Waals surface area (Å²) in [5.41, 5.74) is 0. The molecule has 4 aromatic rings. The third-order valence-corrected chi connectivity index (χ3v) is 5.20. The zero-order valence-electron chi connectivity index (χ0n) is 11.3. The summed E-state index contributed by atoms with van der Waals surface area (Å²) in [6.45, 7) is 0. The first kappa shape index (κ1) is 13.4. The average molecular weight is 313 g/mol. The number of rotatable bonds is 2. The minimum Gasteiger partial charge on any atom is -0.264 e. The molecule has 0 bridgehead atoms. The molecule has 0 amide bonds. The molecule has 5 heteroatoms. The van der Waals surface area contributed by atoms with Crippen LogP contribution in [0.1, 0.15) is 0 Å². The van der Waals surface area contributed by atoms with E-state index in [1.54, 1.807) is 36.4 Å². The van der Waals surface area contributed by atoms with Gasteiger partial charge in [-0.05, 0) is 28.3 Å². The molecule has 0 aliphatic heterocycles. The second kappa shape index (κ2) is 4.38. The van der Waals surface area contributed by atoms with Crippen LogP contribution in [0.3, 0.4) is 0 Å². The van der Waals surface area contributed by atoms with Gasteiger partial charge in [0, 0.05) is 16.2 Å². The third kappa shape index (κ3) is 1.66. The van der Waals surface area contributed by atoms with E-state index >= 15 is 0 Å². The van der Waals surface area contributed by atoms with Gasteiger partial charge in [-0.2, -0.15) is 8.42 Å². The zero-order chi connectivity index (χ0) is 15.5. The van der Waals surface area contributed by atoms with Gasteiger partial charge in [0.15, 0.2) is 0 Å². The van der Waals surface area contributed by atoms with Crippen LogP contribution in [-0.4, -0.2) is 8.42 Å². The molecule has 0 atom stereocenters. The second-order valence-corrected chi connectivity index (χ2v) is 6.69. The van der Waals surface area contributed by atoms with Crippen molar-refractivity contribution < 1.29 is 17.0 Å². The van der Waals surface area contributed by atoms with Crippen LogP contribution in [0.25, 0.3) is 32.3 Å². The number of benzene rings is 4. The van der Waals surface area contributed by atoms with Gasteiger partial charge < -0.3 is 0 Å². The Bertz CT molecular complexity index is 1130. The molecule has 0 spiro atoms. The highest BCUT2D eigenvalue weighted by molar-refractivity contribution is 7.87. The molecule has 4 rings (SSSR count). The van der Waals surface area contributed by atoms with E-state index in [1.165, 1.54) is 12.1 Å². The standard InChI is InChI=1S/C17H10FO3S/c1-21-22(19,20)15-9-5-11-2-6-12-14(18)8-4-10-3-7-13(15)17(11)16(10)12/h2-9H,1H2.